The van der Waals surface area contributed by atoms with E-state index in [-0.39, 0.29) is 6.54 Å². The van der Waals surface area contributed by atoms with Crippen molar-refractivity contribution in [2.45, 2.75) is 32.1 Å². The molecule has 0 spiro atoms. The third-order valence-corrected chi connectivity index (χ3v) is 5.29. The van der Waals surface area contributed by atoms with Crippen LogP contribution < -0.4 is 0 Å². The lowest BCUT2D eigenvalue weighted by Crippen LogP contribution is -2.56. The number of unbranched alkanes of at least 4 members (excludes halogenated alkanes) is 1. The Hall–Kier alpha value is -0.660. The zero-order valence-corrected chi connectivity index (χ0v) is 11.1. The van der Waals surface area contributed by atoms with Crippen molar-refractivity contribution in [1.29, 1.82) is 0 Å². The van der Waals surface area contributed by atoms with Crippen LogP contribution in [-0.2, 0) is 14.8 Å². The molecule has 0 aromatic carbocycles. The molecule has 0 radical (unpaired) electrons. The summed E-state index contributed by atoms with van der Waals surface area (Å²) in [6, 6.07) is 0. The Morgan fingerprint density at radius 1 is 1.41 bits per heavy atom. The molecular formula is C10H20N2O4S. The zero-order chi connectivity index (χ0) is 13.1. The summed E-state index contributed by atoms with van der Waals surface area (Å²) in [6.07, 6.45) is 1.78. The van der Waals surface area contributed by atoms with E-state index in [4.69, 9.17) is 5.11 Å². The van der Waals surface area contributed by atoms with Gasteiger partial charge in [0.2, 0.25) is 10.0 Å². The van der Waals surface area contributed by atoms with Crippen LogP contribution in [-0.4, -0.2) is 60.3 Å². The lowest BCUT2D eigenvalue weighted by Gasteiger charge is -2.38. The fraction of sp³-hybridized carbons (Fsp3) is 0.900. The van der Waals surface area contributed by atoms with Gasteiger partial charge >= 0.3 is 5.97 Å². The maximum atomic E-state index is 12.1. The standard InChI is InChI=1S/C10H20N2O4S/c1-3-4-5-12-7-6-11(8-10(13)14)9(2)17(12,15)16/h9H,3-8H2,1-2H3,(H,13,14)/t9-/m0/s1. The van der Waals surface area contributed by atoms with Gasteiger partial charge in [-0.05, 0) is 13.3 Å². The van der Waals surface area contributed by atoms with E-state index in [0.717, 1.165) is 12.8 Å². The number of aliphatic carboxylic acids is 1. The molecule has 0 aromatic heterocycles. The van der Waals surface area contributed by atoms with Crippen LogP contribution in [0.4, 0.5) is 0 Å². The van der Waals surface area contributed by atoms with E-state index in [1.54, 1.807) is 6.92 Å². The predicted octanol–water partition coefficient (Wildman–Crippen LogP) is 0.165. The molecule has 1 saturated heterocycles. The van der Waals surface area contributed by atoms with Gasteiger partial charge in [0.15, 0.2) is 0 Å². The average molecular weight is 264 g/mol. The monoisotopic (exact) mass is 264 g/mol. The molecule has 1 aliphatic heterocycles. The van der Waals surface area contributed by atoms with E-state index < -0.39 is 21.4 Å². The normalized spacial score (nSPS) is 25.9. The van der Waals surface area contributed by atoms with Crippen LogP contribution in [0.3, 0.4) is 0 Å². The van der Waals surface area contributed by atoms with Gasteiger partial charge in [0, 0.05) is 19.6 Å². The van der Waals surface area contributed by atoms with Gasteiger partial charge in [-0.15, -0.1) is 0 Å². The summed E-state index contributed by atoms with van der Waals surface area (Å²) < 4.78 is 25.7. The smallest absolute Gasteiger partial charge is 0.317 e. The van der Waals surface area contributed by atoms with Crippen LogP contribution in [0.2, 0.25) is 0 Å². The first kappa shape index (κ1) is 14.4. The summed E-state index contributed by atoms with van der Waals surface area (Å²) in [4.78, 5) is 12.1. The van der Waals surface area contributed by atoms with E-state index >= 15 is 0 Å². The molecule has 6 nitrogen and oxygen atoms in total. The highest BCUT2D eigenvalue weighted by Gasteiger charge is 2.37. The first-order valence-corrected chi connectivity index (χ1v) is 7.34. The van der Waals surface area contributed by atoms with E-state index in [0.29, 0.717) is 19.6 Å². The number of hydrogen-bond donors (Lipinski definition) is 1. The number of sulfonamides is 1. The molecule has 17 heavy (non-hydrogen) atoms. The van der Waals surface area contributed by atoms with Gasteiger partial charge in [0.25, 0.3) is 0 Å². The van der Waals surface area contributed by atoms with E-state index in [9.17, 15) is 13.2 Å². The van der Waals surface area contributed by atoms with Crippen LogP contribution in [0, 0.1) is 0 Å². The lowest BCUT2D eigenvalue weighted by atomic mass is 10.3. The Labute approximate surface area is 102 Å². The van der Waals surface area contributed by atoms with E-state index in [2.05, 4.69) is 0 Å². The van der Waals surface area contributed by atoms with E-state index in [1.807, 2.05) is 6.92 Å². The summed E-state index contributed by atoms with van der Waals surface area (Å²) in [6.45, 7) is 4.75. The van der Waals surface area contributed by atoms with Crippen molar-refractivity contribution >= 4 is 16.0 Å². The molecule has 1 fully saturated rings. The third kappa shape index (κ3) is 3.40. The first-order chi connectivity index (χ1) is 7.89. The summed E-state index contributed by atoms with van der Waals surface area (Å²) in [5.74, 6) is -0.992. The summed E-state index contributed by atoms with van der Waals surface area (Å²) in [5, 5.41) is 7.96. The predicted molar refractivity (Wildman–Crippen MR) is 64.1 cm³/mol. The maximum Gasteiger partial charge on any atom is 0.317 e. The minimum absolute atomic E-state index is 0.220. The quantitative estimate of drug-likeness (QED) is 0.765. The fourth-order valence-electron chi connectivity index (χ4n) is 1.91. The fourth-order valence-corrected chi connectivity index (χ4v) is 3.62. The molecule has 0 unspecified atom stereocenters. The second-order valence-corrected chi connectivity index (χ2v) is 6.49. The zero-order valence-electron chi connectivity index (χ0n) is 10.3. The molecule has 0 saturated carbocycles. The Morgan fingerprint density at radius 3 is 2.59 bits per heavy atom. The van der Waals surface area contributed by atoms with Gasteiger partial charge in [0.05, 0.1) is 6.54 Å². The number of carbonyl (C=O) groups is 1. The van der Waals surface area contributed by atoms with Crippen molar-refractivity contribution in [1.82, 2.24) is 9.21 Å². The molecule has 1 atom stereocenters. The number of carboxylic acids is 1. The van der Waals surface area contributed by atoms with Crippen molar-refractivity contribution in [3.05, 3.63) is 0 Å². The molecule has 0 aromatic rings. The van der Waals surface area contributed by atoms with Crippen molar-refractivity contribution < 1.29 is 18.3 Å². The first-order valence-electron chi connectivity index (χ1n) is 5.84. The number of carboxylic acid groups (broad SMARTS) is 1. The molecule has 0 aliphatic carbocycles. The van der Waals surface area contributed by atoms with Gasteiger partial charge in [0.1, 0.15) is 5.37 Å². The van der Waals surface area contributed by atoms with Crippen LogP contribution in [0.15, 0.2) is 0 Å². The molecular weight excluding hydrogens is 244 g/mol. The van der Waals surface area contributed by atoms with Crippen LogP contribution in [0.25, 0.3) is 0 Å². The highest BCUT2D eigenvalue weighted by molar-refractivity contribution is 7.89. The summed E-state index contributed by atoms with van der Waals surface area (Å²) in [5.41, 5.74) is 0. The van der Waals surface area contributed by atoms with Gasteiger partial charge in [-0.3, -0.25) is 9.69 Å². The molecule has 100 valence electrons. The van der Waals surface area contributed by atoms with Crippen molar-refractivity contribution in [2.75, 3.05) is 26.2 Å². The number of rotatable bonds is 5. The molecule has 1 heterocycles. The average Bonchev–Trinajstić information content (AvgIpc) is 2.23. The molecule has 1 aliphatic rings. The Morgan fingerprint density at radius 2 is 2.06 bits per heavy atom. The topological polar surface area (TPSA) is 77.9 Å². The maximum absolute atomic E-state index is 12.1. The van der Waals surface area contributed by atoms with Gasteiger partial charge in [-0.25, -0.2) is 8.42 Å². The molecule has 7 heteroatoms. The van der Waals surface area contributed by atoms with Crippen molar-refractivity contribution in [2.24, 2.45) is 0 Å². The van der Waals surface area contributed by atoms with Crippen molar-refractivity contribution in [3.8, 4) is 0 Å². The Bertz CT molecular complexity index is 369. The molecule has 1 rings (SSSR count). The van der Waals surface area contributed by atoms with Crippen LogP contribution in [0.1, 0.15) is 26.7 Å². The van der Waals surface area contributed by atoms with Crippen molar-refractivity contribution in [3.63, 3.8) is 0 Å². The molecule has 1 N–H and O–H groups in total. The number of nitrogens with zero attached hydrogens (tertiary/aromatic N) is 2. The SMILES string of the molecule is CCCCN1CCN(CC(=O)O)[C@H](C)S1(=O)=O. The highest BCUT2D eigenvalue weighted by Crippen LogP contribution is 2.19. The van der Waals surface area contributed by atoms with E-state index in [1.165, 1.54) is 9.21 Å². The lowest BCUT2D eigenvalue weighted by molar-refractivity contribution is -0.138. The van der Waals surface area contributed by atoms with Gasteiger partial charge < -0.3 is 5.11 Å². The second-order valence-electron chi connectivity index (χ2n) is 4.26. The largest absolute Gasteiger partial charge is 0.480 e. The second kappa shape index (κ2) is 5.79. The van der Waals surface area contributed by atoms with Crippen LogP contribution in [0.5, 0.6) is 0 Å². The number of hydrogen-bond acceptors (Lipinski definition) is 4. The Kier molecular flexibility index (Phi) is 4.91. The van der Waals surface area contributed by atoms with Gasteiger partial charge in [-0.2, -0.15) is 4.31 Å². The van der Waals surface area contributed by atoms with Gasteiger partial charge in [-0.1, -0.05) is 13.3 Å². The molecule has 0 amide bonds. The Balaban J connectivity index is 2.72. The minimum atomic E-state index is -3.37. The summed E-state index contributed by atoms with van der Waals surface area (Å²) >= 11 is 0. The molecule has 0 bridgehead atoms. The third-order valence-electron chi connectivity index (χ3n) is 3.04. The highest BCUT2D eigenvalue weighted by atomic mass is 32.2. The summed E-state index contributed by atoms with van der Waals surface area (Å²) in [7, 11) is -3.37. The minimum Gasteiger partial charge on any atom is -0.480 e. The van der Waals surface area contributed by atoms with Crippen LogP contribution >= 0.6 is 0 Å².